The number of amides is 2. The number of fused-ring (bicyclic) bond motifs is 1. The molecule has 10 nitrogen and oxygen atoms in total. The second-order valence-corrected chi connectivity index (χ2v) is 9.88. The van der Waals surface area contributed by atoms with Gasteiger partial charge in [-0.1, -0.05) is 6.92 Å². The molecule has 2 aliphatic heterocycles. The molecule has 190 valence electrons. The molecule has 0 spiro atoms. The van der Waals surface area contributed by atoms with Crippen molar-refractivity contribution in [3.63, 3.8) is 0 Å². The van der Waals surface area contributed by atoms with Gasteiger partial charge in [-0.15, -0.1) is 4.99 Å². The smallest absolute Gasteiger partial charge is 0.437 e. The molecule has 1 aromatic rings. The molecule has 1 aromatic carbocycles. The quantitative estimate of drug-likeness (QED) is 0.438. The van der Waals surface area contributed by atoms with E-state index in [9.17, 15) is 24.3 Å². The Morgan fingerprint density at radius 2 is 2.11 bits per heavy atom. The highest BCUT2D eigenvalue weighted by Crippen LogP contribution is 2.40. The molecule has 2 aliphatic rings. The van der Waals surface area contributed by atoms with Gasteiger partial charge in [0.25, 0.3) is 0 Å². The maximum atomic E-state index is 13.6. The molecule has 2 heterocycles. The first-order valence-corrected chi connectivity index (χ1v) is 11.8. The zero-order chi connectivity index (χ0) is 25.8. The minimum absolute atomic E-state index is 0.0574. The van der Waals surface area contributed by atoms with Crippen molar-refractivity contribution in [3.8, 4) is 5.75 Å². The number of carbonyl (C=O) groups excluding carboxylic acids is 3. The van der Waals surface area contributed by atoms with E-state index in [0.717, 1.165) is 6.29 Å². The Balaban J connectivity index is 2.05. The molecule has 2 atom stereocenters. The average molecular weight is 488 g/mol. The lowest BCUT2D eigenvalue weighted by atomic mass is 9.83. The van der Waals surface area contributed by atoms with Gasteiger partial charge >= 0.3 is 12.1 Å². The Hall–Kier alpha value is -3.43. The van der Waals surface area contributed by atoms with Gasteiger partial charge in [-0.3, -0.25) is 9.69 Å². The largest absolute Gasteiger partial charge is 0.493 e. The van der Waals surface area contributed by atoms with E-state index in [1.54, 1.807) is 26.8 Å². The number of hydrogen-bond donors (Lipinski definition) is 2. The SMILES string of the molecule is CC[C@@]1(CCCC=O)CC(=O)N([C@@H]2CCOc3ccc(C(=O)O)cc32)/C(=N/C(=O)OC(C)(C)C)N1. The van der Waals surface area contributed by atoms with Gasteiger partial charge in [0.2, 0.25) is 11.9 Å². The molecule has 0 aliphatic carbocycles. The number of unbranched alkanes of at least 4 members (excludes halogenated alkanes) is 1. The highest BCUT2D eigenvalue weighted by Gasteiger charge is 2.45. The number of aromatic carboxylic acids is 1. The van der Waals surface area contributed by atoms with Crippen LogP contribution in [0.3, 0.4) is 0 Å². The highest BCUT2D eigenvalue weighted by atomic mass is 16.6. The van der Waals surface area contributed by atoms with Crippen LogP contribution in [0.25, 0.3) is 0 Å². The summed E-state index contributed by atoms with van der Waals surface area (Å²) in [4.78, 5) is 54.3. The lowest BCUT2D eigenvalue weighted by Crippen LogP contribution is -2.63. The normalized spacial score (nSPS) is 23.2. The number of guanidine groups is 1. The molecule has 1 fully saturated rings. The summed E-state index contributed by atoms with van der Waals surface area (Å²) in [5.74, 6) is -0.809. The van der Waals surface area contributed by atoms with E-state index in [1.807, 2.05) is 6.92 Å². The molecule has 0 saturated carbocycles. The van der Waals surface area contributed by atoms with E-state index in [4.69, 9.17) is 9.47 Å². The van der Waals surface area contributed by atoms with Crippen LogP contribution in [0.5, 0.6) is 5.75 Å². The number of nitrogens with one attached hydrogen (secondary N) is 1. The Kier molecular flexibility index (Phi) is 7.82. The second kappa shape index (κ2) is 10.5. The van der Waals surface area contributed by atoms with Gasteiger partial charge in [-0.25, -0.2) is 9.59 Å². The first-order valence-electron chi connectivity index (χ1n) is 11.8. The Bertz CT molecular complexity index is 1030. The summed E-state index contributed by atoms with van der Waals surface area (Å²) in [5.41, 5.74) is -0.848. The number of carboxylic acids is 1. The van der Waals surface area contributed by atoms with Gasteiger partial charge in [-0.05, 0) is 58.2 Å². The molecular weight excluding hydrogens is 454 g/mol. The summed E-state index contributed by atoms with van der Waals surface area (Å²) in [6.07, 6.45) is 2.60. The molecule has 1 saturated heterocycles. The number of carbonyl (C=O) groups is 4. The van der Waals surface area contributed by atoms with Crippen LogP contribution in [-0.4, -0.2) is 58.0 Å². The minimum Gasteiger partial charge on any atom is -0.493 e. The maximum Gasteiger partial charge on any atom is 0.437 e. The van der Waals surface area contributed by atoms with Crippen LogP contribution in [0.15, 0.2) is 23.2 Å². The van der Waals surface area contributed by atoms with Crippen molar-refractivity contribution in [2.45, 2.75) is 83.4 Å². The van der Waals surface area contributed by atoms with Crippen molar-refractivity contribution in [3.05, 3.63) is 29.3 Å². The van der Waals surface area contributed by atoms with Crippen molar-refractivity contribution in [2.75, 3.05) is 6.61 Å². The van der Waals surface area contributed by atoms with E-state index in [1.165, 1.54) is 17.0 Å². The molecule has 3 rings (SSSR count). The Morgan fingerprint density at radius 1 is 1.37 bits per heavy atom. The van der Waals surface area contributed by atoms with Crippen LogP contribution in [0.1, 0.15) is 88.2 Å². The third kappa shape index (κ3) is 6.17. The zero-order valence-corrected chi connectivity index (χ0v) is 20.6. The van der Waals surface area contributed by atoms with E-state index in [2.05, 4.69) is 10.3 Å². The van der Waals surface area contributed by atoms with Crippen molar-refractivity contribution in [1.82, 2.24) is 10.2 Å². The number of aliphatic imine (C=N–C) groups is 1. The Morgan fingerprint density at radius 3 is 2.74 bits per heavy atom. The number of carboxylic acid groups (broad SMARTS) is 1. The minimum atomic E-state index is -1.09. The zero-order valence-electron chi connectivity index (χ0n) is 20.6. The Labute approximate surface area is 204 Å². The van der Waals surface area contributed by atoms with Gasteiger partial charge in [0.1, 0.15) is 17.6 Å². The topological polar surface area (TPSA) is 135 Å². The highest BCUT2D eigenvalue weighted by molar-refractivity contribution is 6.04. The predicted octanol–water partition coefficient (Wildman–Crippen LogP) is 3.84. The fourth-order valence-corrected chi connectivity index (χ4v) is 4.45. The van der Waals surface area contributed by atoms with E-state index in [-0.39, 0.29) is 23.9 Å². The summed E-state index contributed by atoms with van der Waals surface area (Å²) in [6.45, 7) is 7.41. The molecule has 35 heavy (non-hydrogen) atoms. The first-order chi connectivity index (χ1) is 16.5. The van der Waals surface area contributed by atoms with Crippen molar-refractivity contribution in [1.29, 1.82) is 0 Å². The second-order valence-electron chi connectivity index (χ2n) is 9.88. The van der Waals surface area contributed by atoms with Crippen LogP contribution in [0, 0.1) is 0 Å². The van der Waals surface area contributed by atoms with E-state index >= 15 is 0 Å². The summed E-state index contributed by atoms with van der Waals surface area (Å²) < 4.78 is 11.1. The summed E-state index contributed by atoms with van der Waals surface area (Å²) in [6, 6.07) is 3.94. The maximum absolute atomic E-state index is 13.6. The third-order valence-electron chi connectivity index (χ3n) is 6.18. The molecule has 2 N–H and O–H groups in total. The lowest BCUT2D eigenvalue weighted by Gasteiger charge is -2.46. The fraction of sp³-hybridized carbons (Fsp3) is 0.560. The monoisotopic (exact) mass is 487 g/mol. The van der Waals surface area contributed by atoms with Crippen LogP contribution < -0.4 is 10.1 Å². The van der Waals surface area contributed by atoms with Gasteiger partial charge in [0, 0.05) is 23.9 Å². The van der Waals surface area contributed by atoms with Gasteiger partial charge < -0.3 is 24.7 Å². The van der Waals surface area contributed by atoms with Crippen molar-refractivity contribution in [2.24, 2.45) is 4.99 Å². The average Bonchev–Trinajstić information content (AvgIpc) is 2.77. The van der Waals surface area contributed by atoms with Gasteiger partial charge in [0.05, 0.1) is 24.6 Å². The molecule has 2 amide bonds. The molecule has 0 radical (unpaired) electrons. The predicted molar refractivity (Wildman–Crippen MR) is 127 cm³/mol. The van der Waals surface area contributed by atoms with Gasteiger partial charge in [0.15, 0.2) is 0 Å². The molecule has 0 aromatic heterocycles. The standard InChI is InChI=1S/C25H33N3O7/c1-5-25(11-6-7-12-29)15-20(30)28(22(27-25)26-23(33)35-24(2,3)4)18-10-13-34-19-9-8-16(21(31)32)14-17(18)19/h8-9,12,14,18H,5-7,10-11,13,15H2,1-4H3,(H,31,32)(H,26,27,33)/t18-,25-/m1/s1. The van der Waals surface area contributed by atoms with Crippen LogP contribution in [0.4, 0.5) is 4.79 Å². The molecule has 0 unspecified atom stereocenters. The molecular formula is C25H33N3O7. The van der Waals surface area contributed by atoms with Crippen LogP contribution in [-0.2, 0) is 14.3 Å². The summed E-state index contributed by atoms with van der Waals surface area (Å²) in [5, 5.41) is 12.8. The van der Waals surface area contributed by atoms with Crippen LogP contribution >= 0.6 is 0 Å². The summed E-state index contributed by atoms with van der Waals surface area (Å²) >= 11 is 0. The number of hydrogen-bond acceptors (Lipinski definition) is 6. The number of benzene rings is 1. The van der Waals surface area contributed by atoms with E-state index in [0.29, 0.717) is 50.0 Å². The lowest BCUT2D eigenvalue weighted by molar-refractivity contribution is -0.133. The number of aldehydes is 1. The number of rotatable bonds is 7. The summed E-state index contributed by atoms with van der Waals surface area (Å²) in [7, 11) is 0. The van der Waals surface area contributed by atoms with Crippen molar-refractivity contribution >= 4 is 30.2 Å². The number of nitrogens with zero attached hydrogens (tertiary/aromatic N) is 2. The van der Waals surface area contributed by atoms with E-state index < -0.39 is 29.2 Å². The third-order valence-corrected chi connectivity index (χ3v) is 6.18. The van der Waals surface area contributed by atoms with Crippen LogP contribution in [0.2, 0.25) is 0 Å². The number of ether oxygens (including phenoxy) is 2. The first kappa shape index (κ1) is 26.2. The molecule has 10 heteroatoms. The molecule has 0 bridgehead atoms. The van der Waals surface area contributed by atoms with Crippen molar-refractivity contribution < 1.29 is 33.8 Å². The fourth-order valence-electron chi connectivity index (χ4n) is 4.45. The van der Waals surface area contributed by atoms with Gasteiger partial charge in [-0.2, -0.15) is 0 Å².